The number of nitrogens with zero attached hydrogens (tertiary/aromatic N) is 1. The maximum atomic E-state index is 12.4. The van der Waals surface area contributed by atoms with Gasteiger partial charge in [0.05, 0.1) is 17.2 Å². The summed E-state index contributed by atoms with van der Waals surface area (Å²) in [5.41, 5.74) is 0.947. The number of ether oxygens (including phenoxy) is 1. The fraction of sp³-hybridized carbons (Fsp3) is 0.667. The number of amides is 1. The molecule has 2 heterocycles. The Bertz CT molecular complexity index is 696. The second-order valence-corrected chi connectivity index (χ2v) is 9.69. The lowest BCUT2D eigenvalue weighted by molar-refractivity contribution is 0.00578. The zero-order valence-electron chi connectivity index (χ0n) is 18.2. The average Bonchev–Trinajstić information content (AvgIpc) is 2.81. The van der Waals surface area contributed by atoms with Crippen LogP contribution < -0.4 is 10.8 Å². The molecule has 0 saturated carbocycles. The first kappa shape index (κ1) is 21.2. The summed E-state index contributed by atoms with van der Waals surface area (Å²) in [6.45, 7) is 15.9. The summed E-state index contributed by atoms with van der Waals surface area (Å²) >= 11 is 0. The number of benzene rings is 1. The van der Waals surface area contributed by atoms with Crippen molar-refractivity contribution in [1.29, 1.82) is 0 Å². The average molecular weight is 388 g/mol. The first-order chi connectivity index (χ1) is 12.9. The molecule has 2 saturated heterocycles. The molecule has 1 N–H and O–H groups in total. The Morgan fingerprint density at radius 1 is 1.14 bits per heavy atom. The van der Waals surface area contributed by atoms with Crippen molar-refractivity contribution < 1.29 is 18.8 Å². The van der Waals surface area contributed by atoms with Crippen molar-refractivity contribution in [2.45, 2.75) is 71.3 Å². The summed E-state index contributed by atoms with van der Waals surface area (Å²) in [5.74, 6) is 0. The lowest BCUT2D eigenvalue weighted by Gasteiger charge is -2.35. The second kappa shape index (κ2) is 7.36. The molecule has 3 rings (SSSR count). The van der Waals surface area contributed by atoms with Gasteiger partial charge in [0.2, 0.25) is 0 Å². The highest BCUT2D eigenvalue weighted by atomic mass is 16.7. The Balaban J connectivity index is 1.66. The number of piperazine rings is 1. The second-order valence-electron chi connectivity index (χ2n) is 9.69. The molecule has 154 valence electrons. The van der Waals surface area contributed by atoms with E-state index in [-0.39, 0.29) is 30.5 Å². The lowest BCUT2D eigenvalue weighted by Crippen LogP contribution is -2.49. The van der Waals surface area contributed by atoms with Gasteiger partial charge in [0.1, 0.15) is 5.60 Å². The summed E-state index contributed by atoms with van der Waals surface area (Å²) in [5, 5.41) is 3.49. The van der Waals surface area contributed by atoms with E-state index in [2.05, 4.69) is 45.1 Å². The smallest absolute Gasteiger partial charge is 0.444 e. The Hall–Kier alpha value is -1.57. The van der Waals surface area contributed by atoms with Crippen LogP contribution in [0.2, 0.25) is 0 Å². The molecule has 0 bridgehead atoms. The van der Waals surface area contributed by atoms with Crippen molar-refractivity contribution in [2.75, 3.05) is 19.6 Å². The minimum atomic E-state index is -0.484. The van der Waals surface area contributed by atoms with Crippen LogP contribution in [0.5, 0.6) is 0 Å². The van der Waals surface area contributed by atoms with E-state index in [1.165, 1.54) is 0 Å². The van der Waals surface area contributed by atoms with E-state index < -0.39 is 5.60 Å². The molecule has 1 amide bonds. The lowest BCUT2D eigenvalue weighted by atomic mass is 9.78. The van der Waals surface area contributed by atoms with Crippen LogP contribution in [0.25, 0.3) is 0 Å². The van der Waals surface area contributed by atoms with Gasteiger partial charge in [-0.15, -0.1) is 0 Å². The fourth-order valence-electron chi connectivity index (χ4n) is 3.33. The predicted octanol–water partition coefficient (Wildman–Crippen LogP) is 2.87. The van der Waals surface area contributed by atoms with Gasteiger partial charge in [0.15, 0.2) is 0 Å². The molecule has 2 aliphatic rings. The molecule has 1 atom stereocenters. The van der Waals surface area contributed by atoms with E-state index in [0.717, 1.165) is 17.6 Å². The Morgan fingerprint density at radius 3 is 2.25 bits per heavy atom. The van der Waals surface area contributed by atoms with Gasteiger partial charge in [-0.05, 0) is 59.5 Å². The number of rotatable bonds is 2. The molecular formula is C21H33BN2O4. The summed E-state index contributed by atoms with van der Waals surface area (Å²) in [6, 6.07) is 8.33. The van der Waals surface area contributed by atoms with Gasteiger partial charge in [-0.1, -0.05) is 24.3 Å². The number of hydrogen-bond acceptors (Lipinski definition) is 5. The minimum absolute atomic E-state index is 0.0774. The zero-order valence-corrected chi connectivity index (χ0v) is 18.2. The zero-order chi connectivity index (χ0) is 20.7. The van der Waals surface area contributed by atoms with E-state index in [9.17, 15) is 4.79 Å². The maximum absolute atomic E-state index is 12.4. The fourth-order valence-corrected chi connectivity index (χ4v) is 3.33. The van der Waals surface area contributed by atoms with Crippen molar-refractivity contribution in [3.05, 3.63) is 29.8 Å². The van der Waals surface area contributed by atoms with Crippen LogP contribution in [-0.4, -0.2) is 54.5 Å². The van der Waals surface area contributed by atoms with Gasteiger partial charge >= 0.3 is 13.2 Å². The van der Waals surface area contributed by atoms with Crippen LogP contribution in [0, 0.1) is 0 Å². The monoisotopic (exact) mass is 388 g/mol. The highest BCUT2D eigenvalue weighted by molar-refractivity contribution is 6.62. The summed E-state index contributed by atoms with van der Waals surface area (Å²) in [6.07, 6.45) is -0.257. The van der Waals surface area contributed by atoms with Gasteiger partial charge < -0.3 is 24.3 Å². The van der Waals surface area contributed by atoms with Crippen molar-refractivity contribution in [2.24, 2.45) is 0 Å². The topological polar surface area (TPSA) is 60.0 Å². The van der Waals surface area contributed by atoms with E-state index in [4.69, 9.17) is 14.0 Å². The number of nitrogens with one attached hydrogen (secondary N) is 1. The van der Waals surface area contributed by atoms with Gasteiger partial charge in [-0.2, -0.15) is 0 Å². The molecule has 28 heavy (non-hydrogen) atoms. The SMILES string of the molecule is CC(C)(C)OC(=O)N1CCN[C@@H](c2ccc(B3OC(C)(C)C(C)(C)O3)cc2)C1. The van der Waals surface area contributed by atoms with Crippen molar-refractivity contribution in [1.82, 2.24) is 10.2 Å². The van der Waals surface area contributed by atoms with E-state index in [0.29, 0.717) is 13.1 Å². The first-order valence-corrected chi connectivity index (χ1v) is 10.0. The molecule has 1 aromatic rings. The van der Waals surface area contributed by atoms with Gasteiger partial charge in [-0.3, -0.25) is 0 Å². The van der Waals surface area contributed by atoms with E-state index in [1.54, 1.807) is 4.90 Å². The highest BCUT2D eigenvalue weighted by Crippen LogP contribution is 2.36. The molecule has 1 aromatic carbocycles. The minimum Gasteiger partial charge on any atom is -0.444 e. The molecule has 0 radical (unpaired) electrons. The highest BCUT2D eigenvalue weighted by Gasteiger charge is 2.51. The van der Waals surface area contributed by atoms with Crippen LogP contribution in [-0.2, 0) is 14.0 Å². The molecule has 2 aliphatic heterocycles. The number of carbonyl (C=O) groups excluding carboxylic acids is 1. The third-order valence-corrected chi connectivity index (χ3v) is 5.69. The number of carbonyl (C=O) groups is 1. The molecule has 0 aromatic heterocycles. The molecular weight excluding hydrogens is 355 g/mol. The molecule has 0 aliphatic carbocycles. The number of hydrogen-bond donors (Lipinski definition) is 1. The summed E-state index contributed by atoms with van der Waals surface area (Å²) < 4.78 is 17.8. The van der Waals surface area contributed by atoms with Gasteiger partial charge in [0.25, 0.3) is 0 Å². The largest absolute Gasteiger partial charge is 0.494 e. The van der Waals surface area contributed by atoms with Crippen molar-refractivity contribution >= 4 is 18.7 Å². The van der Waals surface area contributed by atoms with Gasteiger partial charge in [0, 0.05) is 19.6 Å². The van der Waals surface area contributed by atoms with E-state index in [1.807, 2.05) is 32.9 Å². The molecule has 0 spiro atoms. The molecule has 2 fully saturated rings. The molecule has 7 heteroatoms. The summed E-state index contributed by atoms with van der Waals surface area (Å²) in [4.78, 5) is 14.2. The predicted molar refractivity (Wildman–Crippen MR) is 111 cm³/mol. The quantitative estimate of drug-likeness (QED) is 0.790. The van der Waals surface area contributed by atoms with Crippen molar-refractivity contribution in [3.63, 3.8) is 0 Å². The third kappa shape index (κ3) is 4.53. The Morgan fingerprint density at radius 2 is 1.71 bits per heavy atom. The van der Waals surface area contributed by atoms with E-state index >= 15 is 0 Å². The first-order valence-electron chi connectivity index (χ1n) is 10.0. The summed E-state index contributed by atoms with van der Waals surface area (Å²) in [7, 11) is -0.364. The maximum Gasteiger partial charge on any atom is 0.494 e. The van der Waals surface area contributed by atoms with Crippen LogP contribution >= 0.6 is 0 Å². The molecule has 0 unspecified atom stereocenters. The molecule has 6 nitrogen and oxygen atoms in total. The van der Waals surface area contributed by atoms with Crippen LogP contribution in [0.1, 0.15) is 60.1 Å². The standard InChI is InChI=1S/C21H33BN2O4/c1-19(2,3)26-18(25)24-13-12-23-17(14-24)15-8-10-16(11-9-15)22-27-20(4,5)21(6,7)28-22/h8-11,17,23H,12-14H2,1-7H3/t17-/m1/s1. The Kier molecular flexibility index (Phi) is 5.56. The van der Waals surface area contributed by atoms with Crippen molar-refractivity contribution in [3.8, 4) is 0 Å². The Labute approximate surface area is 169 Å². The van der Waals surface area contributed by atoms with Crippen LogP contribution in [0.3, 0.4) is 0 Å². The third-order valence-electron chi connectivity index (χ3n) is 5.69. The normalized spacial score (nSPS) is 24.3. The van der Waals surface area contributed by atoms with Crippen LogP contribution in [0.15, 0.2) is 24.3 Å². The van der Waals surface area contributed by atoms with Crippen LogP contribution in [0.4, 0.5) is 4.79 Å². The van der Waals surface area contributed by atoms with Gasteiger partial charge in [-0.25, -0.2) is 4.79 Å².